The number of nitrogens with zero attached hydrogens (tertiary/aromatic N) is 2. The van der Waals surface area contributed by atoms with Crippen LogP contribution in [0.4, 0.5) is 21.0 Å². The lowest BCUT2D eigenvalue weighted by atomic mass is 10.0. The summed E-state index contributed by atoms with van der Waals surface area (Å²) in [5.41, 5.74) is 3.93. The maximum absolute atomic E-state index is 12.5. The van der Waals surface area contributed by atoms with Crippen molar-refractivity contribution in [2.24, 2.45) is 0 Å². The fraction of sp³-hybridized carbons (Fsp3) is 0.333. The summed E-state index contributed by atoms with van der Waals surface area (Å²) in [6, 6.07) is 8.97. The molecule has 0 radical (unpaired) electrons. The second kappa shape index (κ2) is 8.84. The van der Waals surface area contributed by atoms with Crippen molar-refractivity contribution in [3.63, 3.8) is 0 Å². The average molecular weight is 423 g/mol. The fourth-order valence-electron chi connectivity index (χ4n) is 2.58. The number of aryl methyl sites for hydroxylation is 2. The zero-order valence-corrected chi connectivity index (χ0v) is 18.4. The lowest BCUT2D eigenvalue weighted by molar-refractivity contribution is 0.161. The Kier molecular flexibility index (Phi) is 6.96. The SMILES string of the molecule is Cc1cc(Cl)c(N(C)C(=O)OC(=O)N(C)c2cc(C(C)C)ccc2Cl)cc1C. The molecule has 0 aliphatic rings. The Morgan fingerprint density at radius 1 is 0.857 bits per heavy atom. The van der Waals surface area contributed by atoms with E-state index in [1.807, 2.05) is 39.8 Å². The Bertz CT molecular complexity index is 913. The fourth-order valence-corrected chi connectivity index (χ4v) is 3.17. The third kappa shape index (κ3) is 4.78. The molecule has 2 aromatic carbocycles. The molecule has 0 fully saturated rings. The van der Waals surface area contributed by atoms with Crippen LogP contribution in [0.1, 0.15) is 36.5 Å². The van der Waals surface area contributed by atoms with E-state index in [0.717, 1.165) is 16.7 Å². The van der Waals surface area contributed by atoms with Gasteiger partial charge in [0.2, 0.25) is 0 Å². The number of carbonyl (C=O) groups is 2. The van der Waals surface area contributed by atoms with Crippen molar-refractivity contribution in [2.45, 2.75) is 33.6 Å². The summed E-state index contributed by atoms with van der Waals surface area (Å²) in [6.07, 6.45) is -1.67. The number of rotatable bonds is 3. The molecular weight excluding hydrogens is 399 g/mol. The number of halogens is 2. The van der Waals surface area contributed by atoms with Gasteiger partial charge in [-0.25, -0.2) is 9.59 Å². The number of anilines is 2. The van der Waals surface area contributed by atoms with Gasteiger partial charge in [0.05, 0.1) is 21.4 Å². The molecule has 0 aromatic heterocycles. The number of benzene rings is 2. The van der Waals surface area contributed by atoms with Crippen molar-refractivity contribution in [3.05, 3.63) is 57.1 Å². The minimum absolute atomic E-state index is 0.264. The zero-order chi connectivity index (χ0) is 21.2. The monoisotopic (exact) mass is 422 g/mol. The van der Waals surface area contributed by atoms with Gasteiger partial charge in [-0.2, -0.15) is 0 Å². The van der Waals surface area contributed by atoms with Crippen molar-refractivity contribution in [1.29, 1.82) is 0 Å². The Balaban J connectivity index is 2.19. The predicted octanol–water partition coefficient (Wildman–Crippen LogP) is 6.56. The van der Waals surface area contributed by atoms with Crippen molar-refractivity contribution >= 4 is 46.8 Å². The molecule has 0 saturated heterocycles. The van der Waals surface area contributed by atoms with Gasteiger partial charge in [0.1, 0.15) is 0 Å². The summed E-state index contributed by atoms with van der Waals surface area (Å²) in [5.74, 6) is 0.264. The molecule has 5 nitrogen and oxygen atoms in total. The van der Waals surface area contributed by atoms with E-state index < -0.39 is 12.2 Å². The Morgan fingerprint density at radius 2 is 1.36 bits per heavy atom. The quantitative estimate of drug-likeness (QED) is 0.525. The smallest absolute Gasteiger partial charge is 0.359 e. The highest BCUT2D eigenvalue weighted by atomic mass is 35.5. The molecule has 2 aromatic rings. The van der Waals surface area contributed by atoms with Gasteiger partial charge in [-0.1, -0.05) is 43.1 Å². The summed E-state index contributed by atoms with van der Waals surface area (Å²) in [7, 11) is 3.00. The van der Waals surface area contributed by atoms with E-state index >= 15 is 0 Å². The highest BCUT2D eigenvalue weighted by Gasteiger charge is 2.23. The molecular formula is C21H24Cl2N2O3. The maximum atomic E-state index is 12.5. The topological polar surface area (TPSA) is 49.9 Å². The third-order valence-corrected chi connectivity index (χ3v) is 5.27. The minimum Gasteiger partial charge on any atom is -0.359 e. The van der Waals surface area contributed by atoms with Crippen molar-refractivity contribution in [1.82, 2.24) is 0 Å². The molecule has 2 rings (SSSR count). The molecule has 150 valence electrons. The Labute approximate surface area is 175 Å². The number of hydrogen-bond donors (Lipinski definition) is 0. The van der Waals surface area contributed by atoms with Crippen molar-refractivity contribution in [2.75, 3.05) is 23.9 Å². The van der Waals surface area contributed by atoms with Gasteiger partial charge in [0.15, 0.2) is 0 Å². The largest absolute Gasteiger partial charge is 0.423 e. The number of amides is 2. The van der Waals surface area contributed by atoms with Crippen LogP contribution in [0.5, 0.6) is 0 Å². The molecule has 0 aliphatic heterocycles. The molecule has 0 N–H and O–H groups in total. The molecule has 0 aliphatic carbocycles. The maximum Gasteiger partial charge on any atom is 0.423 e. The summed E-state index contributed by atoms with van der Waals surface area (Å²) in [4.78, 5) is 27.4. The molecule has 0 unspecified atom stereocenters. The van der Waals surface area contributed by atoms with Crippen LogP contribution in [-0.4, -0.2) is 26.3 Å². The summed E-state index contributed by atoms with van der Waals surface area (Å²) in [5, 5.41) is 0.790. The van der Waals surface area contributed by atoms with Crippen LogP contribution < -0.4 is 9.80 Å². The average Bonchev–Trinajstić information content (AvgIpc) is 2.63. The van der Waals surface area contributed by atoms with E-state index in [1.165, 1.54) is 23.9 Å². The highest BCUT2D eigenvalue weighted by Crippen LogP contribution is 2.31. The lowest BCUT2D eigenvalue weighted by Crippen LogP contribution is -2.35. The molecule has 7 heteroatoms. The van der Waals surface area contributed by atoms with Crippen LogP contribution in [-0.2, 0) is 4.74 Å². The van der Waals surface area contributed by atoms with E-state index in [2.05, 4.69) is 0 Å². The van der Waals surface area contributed by atoms with Crippen LogP contribution in [0.3, 0.4) is 0 Å². The highest BCUT2D eigenvalue weighted by molar-refractivity contribution is 6.34. The second-order valence-corrected chi connectivity index (χ2v) is 7.82. The summed E-state index contributed by atoms with van der Waals surface area (Å²) >= 11 is 12.5. The Morgan fingerprint density at radius 3 is 1.89 bits per heavy atom. The number of hydrogen-bond acceptors (Lipinski definition) is 3. The standard InChI is InChI=1S/C21H24Cl2N2O3/c1-12(2)15-7-8-16(22)19(11-15)25(6)21(27)28-20(26)24(5)18-10-14(4)13(3)9-17(18)23/h7-12H,1-6H3. The van der Waals surface area contributed by atoms with Crippen molar-refractivity contribution in [3.8, 4) is 0 Å². The van der Waals surface area contributed by atoms with Crippen molar-refractivity contribution < 1.29 is 14.3 Å². The summed E-state index contributed by atoms with van der Waals surface area (Å²) in [6.45, 7) is 7.92. The van der Waals surface area contributed by atoms with E-state index in [9.17, 15) is 9.59 Å². The molecule has 0 spiro atoms. The van der Waals surface area contributed by atoms with E-state index in [0.29, 0.717) is 21.4 Å². The van der Waals surface area contributed by atoms with Crippen LogP contribution >= 0.6 is 23.2 Å². The van der Waals surface area contributed by atoms with Gasteiger partial charge >= 0.3 is 12.2 Å². The second-order valence-electron chi connectivity index (χ2n) is 7.01. The first-order valence-electron chi connectivity index (χ1n) is 8.82. The van der Waals surface area contributed by atoms with Gasteiger partial charge in [-0.05, 0) is 60.7 Å². The van der Waals surface area contributed by atoms with E-state index in [-0.39, 0.29) is 5.92 Å². The van der Waals surface area contributed by atoms with E-state index in [4.69, 9.17) is 27.9 Å². The number of ether oxygens (including phenoxy) is 1. The predicted molar refractivity (Wildman–Crippen MR) is 115 cm³/mol. The molecule has 2 amide bonds. The first-order chi connectivity index (χ1) is 13.0. The molecule has 0 bridgehead atoms. The third-order valence-electron chi connectivity index (χ3n) is 4.65. The van der Waals surface area contributed by atoms with Gasteiger partial charge in [0.25, 0.3) is 0 Å². The lowest BCUT2D eigenvalue weighted by Gasteiger charge is -2.22. The van der Waals surface area contributed by atoms with Gasteiger partial charge in [0, 0.05) is 14.1 Å². The first kappa shape index (κ1) is 22.1. The molecule has 0 atom stereocenters. The minimum atomic E-state index is -0.835. The molecule has 0 saturated carbocycles. The normalized spacial score (nSPS) is 10.8. The molecule has 0 heterocycles. The first-order valence-corrected chi connectivity index (χ1v) is 9.58. The van der Waals surface area contributed by atoms with Gasteiger partial charge in [-0.15, -0.1) is 0 Å². The van der Waals surface area contributed by atoms with Gasteiger partial charge < -0.3 is 4.74 Å². The van der Waals surface area contributed by atoms with Crippen LogP contribution in [0, 0.1) is 13.8 Å². The molecule has 28 heavy (non-hydrogen) atoms. The van der Waals surface area contributed by atoms with Crippen LogP contribution in [0.2, 0.25) is 10.0 Å². The zero-order valence-electron chi connectivity index (χ0n) is 16.8. The van der Waals surface area contributed by atoms with Crippen LogP contribution in [0.25, 0.3) is 0 Å². The summed E-state index contributed by atoms with van der Waals surface area (Å²) < 4.78 is 5.02. The van der Waals surface area contributed by atoms with Crippen LogP contribution in [0.15, 0.2) is 30.3 Å². The number of carbonyl (C=O) groups excluding carboxylic acids is 2. The van der Waals surface area contributed by atoms with E-state index in [1.54, 1.807) is 18.2 Å². The Hall–Kier alpha value is -2.24. The van der Waals surface area contributed by atoms with Gasteiger partial charge in [-0.3, -0.25) is 9.80 Å².